The summed E-state index contributed by atoms with van der Waals surface area (Å²) in [5.74, 6) is -0.776. The lowest BCUT2D eigenvalue weighted by Gasteiger charge is -2.13. The van der Waals surface area contributed by atoms with E-state index in [-0.39, 0.29) is 26.9 Å². The van der Waals surface area contributed by atoms with Gasteiger partial charge >= 0.3 is 5.97 Å². The van der Waals surface area contributed by atoms with Crippen LogP contribution in [0.3, 0.4) is 0 Å². The van der Waals surface area contributed by atoms with Crippen LogP contribution in [0.25, 0.3) is 0 Å². The van der Waals surface area contributed by atoms with Crippen molar-refractivity contribution in [2.24, 2.45) is 0 Å². The normalized spacial score (nSPS) is 11.0. The highest BCUT2D eigenvalue weighted by molar-refractivity contribution is 7.92. The van der Waals surface area contributed by atoms with E-state index < -0.39 is 16.0 Å². The number of rotatable bonds is 6. The molecule has 0 saturated heterocycles. The first-order valence-corrected chi connectivity index (χ1v) is 8.42. The third-order valence-electron chi connectivity index (χ3n) is 3.12. The highest BCUT2D eigenvalue weighted by atomic mass is 35.5. The van der Waals surface area contributed by atoms with Gasteiger partial charge in [-0.2, -0.15) is 0 Å². The number of sulfonamides is 1. The van der Waals surface area contributed by atoms with Gasteiger partial charge in [-0.25, -0.2) is 13.2 Å². The number of anilines is 1. The topological polar surface area (TPSA) is 102 Å². The number of methoxy groups -OCH3 is 2. The molecule has 0 fully saturated rings. The van der Waals surface area contributed by atoms with Crippen LogP contribution in [0.4, 0.5) is 5.69 Å². The van der Waals surface area contributed by atoms with Crippen LogP contribution < -0.4 is 14.2 Å². The Labute approximate surface area is 143 Å². The number of ether oxygens (including phenoxy) is 2. The van der Waals surface area contributed by atoms with Crippen molar-refractivity contribution in [2.75, 3.05) is 18.9 Å². The molecule has 0 heterocycles. The van der Waals surface area contributed by atoms with Gasteiger partial charge in [0.05, 0.1) is 30.5 Å². The number of hydrogen-bond donors (Lipinski definition) is 2. The molecule has 0 aliphatic rings. The molecule has 2 aromatic carbocycles. The molecule has 0 amide bonds. The molecule has 0 aliphatic carbocycles. The Hall–Kier alpha value is -2.45. The predicted molar refractivity (Wildman–Crippen MR) is 88.8 cm³/mol. The number of carboxylic acids is 1. The molecule has 7 nitrogen and oxygen atoms in total. The molecule has 24 heavy (non-hydrogen) atoms. The van der Waals surface area contributed by atoms with Crippen LogP contribution in [0, 0.1) is 0 Å². The first kappa shape index (κ1) is 17.9. The molecule has 128 valence electrons. The van der Waals surface area contributed by atoms with Gasteiger partial charge < -0.3 is 14.6 Å². The van der Waals surface area contributed by atoms with Crippen LogP contribution in [-0.2, 0) is 10.0 Å². The molecule has 0 aliphatic heterocycles. The minimum absolute atomic E-state index is 0.0112. The average Bonchev–Trinajstić information content (AvgIpc) is 2.55. The van der Waals surface area contributed by atoms with E-state index in [1.807, 2.05) is 0 Å². The smallest absolute Gasteiger partial charge is 0.335 e. The van der Waals surface area contributed by atoms with Crippen molar-refractivity contribution in [1.82, 2.24) is 0 Å². The summed E-state index contributed by atoms with van der Waals surface area (Å²) in [7, 11) is -1.37. The molecule has 2 rings (SSSR count). The van der Waals surface area contributed by atoms with Crippen LogP contribution in [0.5, 0.6) is 11.5 Å². The van der Waals surface area contributed by atoms with E-state index >= 15 is 0 Å². The van der Waals surface area contributed by atoms with Gasteiger partial charge in [-0.3, -0.25) is 4.72 Å². The lowest BCUT2D eigenvalue weighted by molar-refractivity contribution is 0.0696. The quantitative estimate of drug-likeness (QED) is 0.809. The fourth-order valence-corrected chi connectivity index (χ4v) is 3.47. The fraction of sp³-hybridized carbons (Fsp3) is 0.133. The highest BCUT2D eigenvalue weighted by Crippen LogP contribution is 2.31. The molecule has 0 bridgehead atoms. The van der Waals surface area contributed by atoms with Crippen LogP contribution in [-0.4, -0.2) is 33.7 Å². The molecule has 0 unspecified atom stereocenters. The number of carboxylic acid groups (broad SMARTS) is 1. The van der Waals surface area contributed by atoms with Gasteiger partial charge in [0.1, 0.15) is 16.4 Å². The van der Waals surface area contributed by atoms with Crippen molar-refractivity contribution in [3.8, 4) is 11.5 Å². The number of benzene rings is 2. The van der Waals surface area contributed by atoms with E-state index in [0.717, 1.165) is 6.07 Å². The van der Waals surface area contributed by atoms with Crippen molar-refractivity contribution in [3.05, 3.63) is 47.0 Å². The van der Waals surface area contributed by atoms with Crippen LogP contribution in [0.1, 0.15) is 10.4 Å². The van der Waals surface area contributed by atoms with Crippen molar-refractivity contribution in [2.45, 2.75) is 4.90 Å². The largest absolute Gasteiger partial charge is 0.497 e. The molecule has 0 aromatic heterocycles. The van der Waals surface area contributed by atoms with E-state index in [9.17, 15) is 13.2 Å². The number of nitrogens with one attached hydrogen (secondary N) is 1. The van der Waals surface area contributed by atoms with Gasteiger partial charge in [0.25, 0.3) is 10.0 Å². The van der Waals surface area contributed by atoms with Gasteiger partial charge in [0.15, 0.2) is 0 Å². The molecule has 0 saturated carbocycles. The summed E-state index contributed by atoms with van der Waals surface area (Å²) in [5, 5.41) is 9.17. The Morgan fingerprint density at radius 3 is 2.38 bits per heavy atom. The van der Waals surface area contributed by atoms with E-state index in [0.29, 0.717) is 5.75 Å². The zero-order valence-electron chi connectivity index (χ0n) is 12.7. The van der Waals surface area contributed by atoms with E-state index in [1.165, 1.54) is 44.6 Å². The number of aromatic carboxylic acids is 1. The SMILES string of the molecule is COc1ccc(NS(=O)(=O)c2cc(C(=O)O)ccc2OC)c(Cl)c1. The van der Waals surface area contributed by atoms with Crippen molar-refractivity contribution >= 4 is 33.3 Å². The fourth-order valence-electron chi connectivity index (χ4n) is 1.93. The molecule has 2 aromatic rings. The Morgan fingerprint density at radius 1 is 1.12 bits per heavy atom. The second-order valence-corrected chi connectivity index (χ2v) is 6.68. The standard InChI is InChI=1S/C15H14ClNO6S/c1-22-10-4-5-12(11(16)8-10)17-24(20,21)14-7-9(15(18)19)3-6-13(14)23-2/h3-8,17H,1-2H3,(H,18,19). The molecular weight excluding hydrogens is 358 g/mol. The maximum atomic E-state index is 12.6. The summed E-state index contributed by atoms with van der Waals surface area (Å²) in [6.45, 7) is 0. The van der Waals surface area contributed by atoms with Crippen molar-refractivity contribution in [1.29, 1.82) is 0 Å². The van der Waals surface area contributed by atoms with Crippen molar-refractivity contribution < 1.29 is 27.8 Å². The maximum absolute atomic E-state index is 12.6. The van der Waals surface area contributed by atoms with E-state index in [1.54, 1.807) is 0 Å². The molecule has 0 spiro atoms. The monoisotopic (exact) mass is 371 g/mol. The van der Waals surface area contributed by atoms with Crippen molar-refractivity contribution in [3.63, 3.8) is 0 Å². The summed E-state index contributed by atoms with van der Waals surface area (Å²) in [6.07, 6.45) is 0. The van der Waals surface area contributed by atoms with Gasteiger partial charge in [-0.05, 0) is 30.3 Å². The summed E-state index contributed by atoms with van der Waals surface area (Å²) in [4.78, 5) is 10.8. The zero-order chi connectivity index (χ0) is 17.9. The second kappa shape index (κ2) is 6.98. The third kappa shape index (κ3) is 3.72. The number of carbonyl (C=O) groups is 1. The zero-order valence-corrected chi connectivity index (χ0v) is 14.3. The predicted octanol–water partition coefficient (Wildman–Crippen LogP) is 2.86. The van der Waals surface area contributed by atoms with Gasteiger partial charge in [-0.1, -0.05) is 11.6 Å². The first-order valence-electron chi connectivity index (χ1n) is 6.56. The first-order chi connectivity index (χ1) is 11.3. The highest BCUT2D eigenvalue weighted by Gasteiger charge is 2.22. The lowest BCUT2D eigenvalue weighted by atomic mass is 10.2. The van der Waals surface area contributed by atoms with Gasteiger partial charge in [0.2, 0.25) is 0 Å². The summed E-state index contributed by atoms with van der Waals surface area (Å²) in [6, 6.07) is 7.96. The van der Waals surface area contributed by atoms with E-state index in [2.05, 4.69) is 4.72 Å². The Kier molecular flexibility index (Phi) is 5.20. The minimum Gasteiger partial charge on any atom is -0.497 e. The summed E-state index contributed by atoms with van der Waals surface area (Å²) < 4.78 is 37.5. The van der Waals surface area contributed by atoms with Gasteiger partial charge in [-0.15, -0.1) is 0 Å². The van der Waals surface area contributed by atoms with E-state index in [4.69, 9.17) is 26.2 Å². The molecule has 0 atom stereocenters. The maximum Gasteiger partial charge on any atom is 0.335 e. The lowest BCUT2D eigenvalue weighted by Crippen LogP contribution is -2.15. The molecule has 9 heteroatoms. The molecular formula is C15H14ClNO6S. The Bertz CT molecular complexity index is 882. The van der Waals surface area contributed by atoms with Crippen LogP contribution in [0.15, 0.2) is 41.3 Å². The third-order valence-corrected chi connectivity index (χ3v) is 4.82. The van der Waals surface area contributed by atoms with Crippen LogP contribution in [0.2, 0.25) is 5.02 Å². The average molecular weight is 372 g/mol. The number of halogens is 1. The Balaban J connectivity index is 2.47. The molecule has 0 radical (unpaired) electrons. The summed E-state index contributed by atoms with van der Waals surface area (Å²) >= 11 is 6.02. The van der Waals surface area contributed by atoms with Gasteiger partial charge in [0, 0.05) is 6.07 Å². The summed E-state index contributed by atoms with van der Waals surface area (Å²) in [5.41, 5.74) is -0.0581. The second-order valence-electron chi connectivity index (χ2n) is 4.62. The minimum atomic E-state index is -4.12. The number of hydrogen-bond acceptors (Lipinski definition) is 5. The Morgan fingerprint density at radius 2 is 1.83 bits per heavy atom. The molecule has 2 N–H and O–H groups in total. The van der Waals surface area contributed by atoms with Crippen LogP contribution >= 0.6 is 11.6 Å².